The molecule has 0 aliphatic rings. The summed E-state index contributed by atoms with van der Waals surface area (Å²) < 4.78 is 5.01. The molecule has 2 heterocycles. The number of halogens is 1. The number of carbonyl (C=O) groups excluding carboxylic acids is 1. The number of carbonyl (C=O) groups is 1. The number of thiophene rings is 1. The van der Waals surface area contributed by atoms with Crippen molar-refractivity contribution in [2.45, 2.75) is 6.61 Å². The first-order valence-electron chi connectivity index (χ1n) is 5.07. The molecule has 8 heteroatoms. The lowest BCUT2D eigenvalue weighted by atomic mass is 10.2. The smallest absolute Gasteiger partial charge is 0.341 e. The molecule has 0 aliphatic carbocycles. The lowest BCUT2D eigenvalue weighted by molar-refractivity contribution is -0.385. The zero-order valence-corrected chi connectivity index (χ0v) is 11.0. The number of esters is 1. The van der Waals surface area contributed by atoms with E-state index in [-0.39, 0.29) is 23.0 Å². The first kappa shape index (κ1) is 13.4. The van der Waals surface area contributed by atoms with E-state index < -0.39 is 10.9 Å². The van der Waals surface area contributed by atoms with Gasteiger partial charge < -0.3 is 4.74 Å². The maximum atomic E-state index is 11.8. The van der Waals surface area contributed by atoms with E-state index in [4.69, 9.17) is 16.3 Å². The number of ether oxygens (including phenoxy) is 1. The lowest BCUT2D eigenvalue weighted by Crippen LogP contribution is -2.07. The number of hydrogen-bond donors (Lipinski definition) is 0. The van der Waals surface area contributed by atoms with E-state index in [2.05, 4.69) is 4.98 Å². The van der Waals surface area contributed by atoms with Gasteiger partial charge in [0.15, 0.2) is 0 Å². The Hall–Kier alpha value is -1.99. The summed E-state index contributed by atoms with van der Waals surface area (Å²) in [5.74, 6) is -0.741. The predicted octanol–water partition coefficient (Wildman–Crippen LogP) is 3.06. The Balaban J connectivity index is 2.14. The van der Waals surface area contributed by atoms with Crippen molar-refractivity contribution in [3.8, 4) is 0 Å². The molecule has 98 valence electrons. The van der Waals surface area contributed by atoms with Gasteiger partial charge in [-0.1, -0.05) is 17.7 Å². The highest BCUT2D eigenvalue weighted by Gasteiger charge is 2.18. The van der Waals surface area contributed by atoms with E-state index in [9.17, 15) is 14.9 Å². The molecule has 2 aromatic heterocycles. The van der Waals surface area contributed by atoms with Crippen LogP contribution in [0.4, 0.5) is 5.69 Å². The molecule has 0 bridgehead atoms. The Labute approximate surface area is 116 Å². The van der Waals surface area contributed by atoms with E-state index in [1.807, 2.05) is 17.5 Å². The summed E-state index contributed by atoms with van der Waals surface area (Å²) in [5.41, 5.74) is -0.431. The zero-order chi connectivity index (χ0) is 13.8. The zero-order valence-electron chi connectivity index (χ0n) is 9.41. The highest BCUT2D eigenvalue weighted by atomic mass is 35.5. The minimum Gasteiger partial charge on any atom is -0.456 e. The standard InChI is InChI=1S/C11H7ClN2O4S/c12-10-9(4-7(5-13-10)14(16)17)11(15)18-6-8-2-1-3-19-8/h1-5H,6H2. The first-order valence-corrected chi connectivity index (χ1v) is 6.33. The lowest BCUT2D eigenvalue weighted by Gasteiger charge is -2.04. The molecule has 19 heavy (non-hydrogen) atoms. The number of aromatic nitrogens is 1. The minimum absolute atomic E-state index is 0.0928. The van der Waals surface area contributed by atoms with Crippen molar-refractivity contribution in [1.82, 2.24) is 4.98 Å². The van der Waals surface area contributed by atoms with Gasteiger partial charge in [-0.3, -0.25) is 10.1 Å². The summed E-state index contributed by atoms with van der Waals surface area (Å²) in [6, 6.07) is 4.69. The van der Waals surface area contributed by atoms with E-state index in [0.717, 1.165) is 17.1 Å². The number of nitro groups is 1. The normalized spacial score (nSPS) is 10.2. The van der Waals surface area contributed by atoms with Crippen molar-refractivity contribution in [3.63, 3.8) is 0 Å². The predicted molar refractivity (Wildman–Crippen MR) is 69.3 cm³/mol. The minimum atomic E-state index is -0.741. The molecule has 0 spiro atoms. The van der Waals surface area contributed by atoms with Crippen LogP contribution in [0.25, 0.3) is 0 Å². The van der Waals surface area contributed by atoms with E-state index in [1.165, 1.54) is 11.3 Å². The topological polar surface area (TPSA) is 82.3 Å². The third-order valence-corrected chi connectivity index (χ3v) is 3.33. The molecule has 6 nitrogen and oxygen atoms in total. The van der Waals surface area contributed by atoms with Gasteiger partial charge in [0.1, 0.15) is 23.5 Å². The maximum absolute atomic E-state index is 11.8. The molecule has 2 rings (SSSR count). The van der Waals surface area contributed by atoms with Gasteiger partial charge in [-0.25, -0.2) is 9.78 Å². The molecule has 0 fully saturated rings. The fourth-order valence-electron chi connectivity index (χ4n) is 1.29. The van der Waals surface area contributed by atoms with Gasteiger partial charge in [-0.15, -0.1) is 11.3 Å². The molecule has 0 aliphatic heterocycles. The molecule has 0 saturated carbocycles. The van der Waals surface area contributed by atoms with Crippen LogP contribution in [0, 0.1) is 10.1 Å². The maximum Gasteiger partial charge on any atom is 0.341 e. The third kappa shape index (κ3) is 3.27. The summed E-state index contributed by atoms with van der Waals surface area (Å²) in [6.45, 7) is 0.0928. The van der Waals surface area contributed by atoms with Crippen molar-refractivity contribution >= 4 is 34.6 Å². The molecule has 0 saturated heterocycles. The van der Waals surface area contributed by atoms with Crippen LogP contribution in [0.15, 0.2) is 29.8 Å². The van der Waals surface area contributed by atoms with Crippen LogP contribution in [-0.2, 0) is 11.3 Å². The molecule has 2 aromatic rings. The summed E-state index contributed by atoms with van der Waals surface area (Å²) in [5, 5.41) is 12.3. The Morgan fingerprint density at radius 1 is 1.58 bits per heavy atom. The molecule has 0 amide bonds. The van der Waals surface area contributed by atoms with Gasteiger partial charge in [0.05, 0.1) is 4.92 Å². The van der Waals surface area contributed by atoms with Crippen LogP contribution in [0.1, 0.15) is 15.2 Å². The SMILES string of the molecule is O=C(OCc1cccs1)c1cc([N+](=O)[O-])cnc1Cl. The molecule has 0 aromatic carbocycles. The van der Waals surface area contributed by atoms with Gasteiger partial charge >= 0.3 is 5.97 Å². The summed E-state index contributed by atoms with van der Waals surface area (Å²) in [6.07, 6.45) is 0.985. The van der Waals surface area contributed by atoms with Crippen LogP contribution < -0.4 is 0 Å². The second-order valence-corrected chi connectivity index (χ2v) is 4.83. The molecular weight excluding hydrogens is 292 g/mol. The van der Waals surface area contributed by atoms with Crippen molar-refractivity contribution in [1.29, 1.82) is 0 Å². The Bertz CT molecular complexity index is 615. The van der Waals surface area contributed by atoms with Crippen LogP contribution in [0.2, 0.25) is 5.15 Å². The van der Waals surface area contributed by atoms with Gasteiger partial charge in [0.25, 0.3) is 5.69 Å². The highest BCUT2D eigenvalue weighted by Crippen LogP contribution is 2.20. The van der Waals surface area contributed by atoms with Crippen molar-refractivity contribution in [2.75, 3.05) is 0 Å². The Morgan fingerprint density at radius 3 is 3.00 bits per heavy atom. The fraction of sp³-hybridized carbons (Fsp3) is 0.0909. The number of pyridine rings is 1. The van der Waals surface area contributed by atoms with E-state index in [0.29, 0.717) is 0 Å². The third-order valence-electron chi connectivity index (χ3n) is 2.18. The van der Waals surface area contributed by atoms with Gasteiger partial charge in [0.2, 0.25) is 0 Å². The molecular formula is C11H7ClN2O4S. The average Bonchev–Trinajstić information content (AvgIpc) is 2.89. The van der Waals surface area contributed by atoms with Crippen LogP contribution in [0.3, 0.4) is 0 Å². The second kappa shape index (κ2) is 5.77. The van der Waals surface area contributed by atoms with Crippen LogP contribution >= 0.6 is 22.9 Å². The Morgan fingerprint density at radius 2 is 2.37 bits per heavy atom. The van der Waals surface area contributed by atoms with Crippen molar-refractivity contribution < 1.29 is 14.5 Å². The summed E-state index contributed by atoms with van der Waals surface area (Å²) in [7, 11) is 0. The molecule has 0 radical (unpaired) electrons. The van der Waals surface area contributed by atoms with E-state index >= 15 is 0 Å². The fourth-order valence-corrected chi connectivity index (χ4v) is 2.09. The average molecular weight is 299 g/mol. The second-order valence-electron chi connectivity index (χ2n) is 3.44. The largest absolute Gasteiger partial charge is 0.456 e. The monoisotopic (exact) mass is 298 g/mol. The number of rotatable bonds is 4. The number of nitrogens with zero attached hydrogens (tertiary/aromatic N) is 2. The van der Waals surface area contributed by atoms with Crippen LogP contribution in [-0.4, -0.2) is 15.9 Å². The van der Waals surface area contributed by atoms with Gasteiger partial charge in [0, 0.05) is 10.9 Å². The van der Waals surface area contributed by atoms with Crippen molar-refractivity contribution in [3.05, 3.63) is 55.5 Å². The van der Waals surface area contributed by atoms with Gasteiger partial charge in [-0.05, 0) is 11.4 Å². The first-order chi connectivity index (χ1) is 9.08. The van der Waals surface area contributed by atoms with Crippen LogP contribution in [0.5, 0.6) is 0 Å². The molecule has 0 atom stereocenters. The van der Waals surface area contributed by atoms with Crippen molar-refractivity contribution in [2.24, 2.45) is 0 Å². The summed E-state index contributed by atoms with van der Waals surface area (Å²) >= 11 is 7.16. The molecule has 0 N–H and O–H groups in total. The number of hydrogen-bond acceptors (Lipinski definition) is 6. The van der Waals surface area contributed by atoms with E-state index in [1.54, 1.807) is 0 Å². The summed E-state index contributed by atoms with van der Waals surface area (Å²) in [4.78, 5) is 26.2. The van der Waals surface area contributed by atoms with Gasteiger partial charge in [-0.2, -0.15) is 0 Å². The highest BCUT2D eigenvalue weighted by molar-refractivity contribution is 7.09. The Kier molecular flexibility index (Phi) is 4.08. The quantitative estimate of drug-likeness (QED) is 0.375. The molecule has 0 unspecified atom stereocenters.